The number of aromatic hydroxyl groups is 1. The summed E-state index contributed by atoms with van der Waals surface area (Å²) in [5, 5.41) is 13.6. The van der Waals surface area contributed by atoms with Crippen molar-refractivity contribution in [2.75, 3.05) is 6.54 Å². The Hall–Kier alpha value is -0.730. The molecular weight excluding hydrogens is 210 g/mol. The lowest BCUT2D eigenvalue weighted by Crippen LogP contribution is -2.16. The SMILES string of the molecule is CC1CC1CNCc1cc(Cl)ccc1O. The van der Waals surface area contributed by atoms with Gasteiger partial charge in [0, 0.05) is 17.1 Å². The monoisotopic (exact) mass is 225 g/mol. The van der Waals surface area contributed by atoms with Crippen LogP contribution < -0.4 is 5.32 Å². The van der Waals surface area contributed by atoms with Crippen LogP contribution in [0.2, 0.25) is 5.02 Å². The van der Waals surface area contributed by atoms with E-state index >= 15 is 0 Å². The molecule has 82 valence electrons. The predicted molar refractivity (Wildman–Crippen MR) is 62.1 cm³/mol. The first-order valence-corrected chi connectivity index (χ1v) is 5.72. The van der Waals surface area contributed by atoms with Gasteiger partial charge in [-0.3, -0.25) is 0 Å². The molecule has 1 aromatic carbocycles. The van der Waals surface area contributed by atoms with Crippen LogP contribution in [0, 0.1) is 11.8 Å². The van der Waals surface area contributed by atoms with Crippen molar-refractivity contribution in [2.45, 2.75) is 19.9 Å². The van der Waals surface area contributed by atoms with Crippen LogP contribution in [0.4, 0.5) is 0 Å². The van der Waals surface area contributed by atoms with Crippen LogP contribution in [0.5, 0.6) is 5.75 Å². The van der Waals surface area contributed by atoms with Gasteiger partial charge < -0.3 is 10.4 Å². The van der Waals surface area contributed by atoms with Crippen molar-refractivity contribution in [1.29, 1.82) is 0 Å². The lowest BCUT2D eigenvalue weighted by molar-refractivity contribution is 0.463. The van der Waals surface area contributed by atoms with Gasteiger partial charge in [-0.1, -0.05) is 18.5 Å². The molecule has 1 saturated carbocycles. The fourth-order valence-corrected chi connectivity index (χ4v) is 1.97. The fourth-order valence-electron chi connectivity index (χ4n) is 1.77. The molecule has 0 heterocycles. The Kier molecular flexibility index (Phi) is 3.17. The lowest BCUT2D eigenvalue weighted by atomic mass is 10.2. The van der Waals surface area contributed by atoms with Gasteiger partial charge in [-0.15, -0.1) is 0 Å². The van der Waals surface area contributed by atoms with Crippen molar-refractivity contribution in [3.63, 3.8) is 0 Å². The van der Waals surface area contributed by atoms with Crippen molar-refractivity contribution in [3.8, 4) is 5.75 Å². The van der Waals surface area contributed by atoms with Gasteiger partial charge in [0.1, 0.15) is 5.75 Å². The zero-order valence-electron chi connectivity index (χ0n) is 8.83. The number of benzene rings is 1. The third-order valence-corrected chi connectivity index (χ3v) is 3.27. The van der Waals surface area contributed by atoms with Crippen molar-refractivity contribution in [2.24, 2.45) is 11.8 Å². The van der Waals surface area contributed by atoms with Crippen molar-refractivity contribution in [3.05, 3.63) is 28.8 Å². The van der Waals surface area contributed by atoms with E-state index in [-0.39, 0.29) is 0 Å². The van der Waals surface area contributed by atoms with Gasteiger partial charge >= 0.3 is 0 Å². The quantitative estimate of drug-likeness (QED) is 0.826. The molecule has 1 aliphatic rings. The summed E-state index contributed by atoms with van der Waals surface area (Å²) in [6, 6.07) is 5.14. The second kappa shape index (κ2) is 4.42. The van der Waals surface area contributed by atoms with Crippen molar-refractivity contribution >= 4 is 11.6 Å². The van der Waals surface area contributed by atoms with E-state index < -0.39 is 0 Å². The lowest BCUT2D eigenvalue weighted by Gasteiger charge is -2.06. The number of hydrogen-bond acceptors (Lipinski definition) is 2. The van der Waals surface area contributed by atoms with Crippen molar-refractivity contribution < 1.29 is 5.11 Å². The summed E-state index contributed by atoms with van der Waals surface area (Å²) < 4.78 is 0. The summed E-state index contributed by atoms with van der Waals surface area (Å²) in [6.07, 6.45) is 1.33. The number of phenolic OH excluding ortho intramolecular Hbond substituents is 1. The summed E-state index contributed by atoms with van der Waals surface area (Å²) in [5.74, 6) is 2.01. The van der Waals surface area contributed by atoms with Gasteiger partial charge in [-0.05, 0) is 43.0 Å². The predicted octanol–water partition coefficient (Wildman–Crippen LogP) is 2.79. The summed E-state index contributed by atoms with van der Waals surface area (Å²) in [7, 11) is 0. The Morgan fingerprint density at radius 1 is 1.53 bits per heavy atom. The highest BCUT2D eigenvalue weighted by atomic mass is 35.5. The zero-order chi connectivity index (χ0) is 10.8. The van der Waals surface area contributed by atoms with Crippen LogP contribution in [0.3, 0.4) is 0 Å². The fraction of sp³-hybridized carbons (Fsp3) is 0.500. The van der Waals surface area contributed by atoms with Crippen LogP contribution >= 0.6 is 11.6 Å². The van der Waals surface area contributed by atoms with Crippen LogP contribution in [0.25, 0.3) is 0 Å². The molecule has 0 saturated heterocycles. The summed E-state index contributed by atoms with van der Waals surface area (Å²) in [4.78, 5) is 0. The molecule has 0 spiro atoms. The van der Waals surface area contributed by atoms with E-state index in [9.17, 15) is 5.11 Å². The molecule has 3 heteroatoms. The average molecular weight is 226 g/mol. The molecule has 2 unspecified atom stereocenters. The Balaban J connectivity index is 1.84. The molecule has 2 rings (SSSR count). The highest BCUT2D eigenvalue weighted by molar-refractivity contribution is 6.30. The van der Waals surface area contributed by atoms with E-state index in [2.05, 4.69) is 12.2 Å². The van der Waals surface area contributed by atoms with E-state index in [4.69, 9.17) is 11.6 Å². The Bertz CT molecular complexity index is 353. The zero-order valence-corrected chi connectivity index (χ0v) is 9.59. The first kappa shape index (κ1) is 10.8. The summed E-state index contributed by atoms with van der Waals surface area (Å²) >= 11 is 5.85. The number of phenols is 1. The molecule has 1 aliphatic carbocycles. The maximum absolute atomic E-state index is 9.57. The van der Waals surface area contributed by atoms with E-state index in [0.717, 1.165) is 23.9 Å². The second-order valence-corrected chi connectivity index (χ2v) is 4.81. The minimum Gasteiger partial charge on any atom is -0.508 e. The van der Waals surface area contributed by atoms with Crippen molar-refractivity contribution in [1.82, 2.24) is 5.32 Å². The van der Waals surface area contributed by atoms with E-state index in [1.54, 1.807) is 18.2 Å². The topological polar surface area (TPSA) is 32.3 Å². The molecule has 0 bridgehead atoms. The normalized spacial score (nSPS) is 24.1. The highest BCUT2D eigenvalue weighted by Gasteiger charge is 2.31. The number of halogens is 1. The first-order chi connectivity index (χ1) is 7.16. The Labute approximate surface area is 95.3 Å². The highest BCUT2D eigenvalue weighted by Crippen LogP contribution is 2.36. The van der Waals surface area contributed by atoms with E-state index in [0.29, 0.717) is 17.3 Å². The van der Waals surface area contributed by atoms with E-state index in [1.807, 2.05) is 0 Å². The number of rotatable bonds is 4. The van der Waals surface area contributed by atoms with Gasteiger partial charge in [0.25, 0.3) is 0 Å². The van der Waals surface area contributed by atoms with Gasteiger partial charge in [0.15, 0.2) is 0 Å². The average Bonchev–Trinajstić information content (AvgIpc) is 2.88. The molecular formula is C12H16ClNO. The van der Waals surface area contributed by atoms with Crippen LogP contribution in [0.15, 0.2) is 18.2 Å². The standard InChI is InChI=1S/C12H16ClNO/c1-8-4-9(8)6-14-7-10-5-11(13)2-3-12(10)15/h2-3,5,8-9,14-15H,4,6-7H2,1H3. The second-order valence-electron chi connectivity index (χ2n) is 4.38. The molecule has 0 aliphatic heterocycles. The minimum atomic E-state index is 0.316. The third-order valence-electron chi connectivity index (χ3n) is 3.04. The number of nitrogens with one attached hydrogen (secondary N) is 1. The third kappa shape index (κ3) is 2.86. The molecule has 1 fully saturated rings. The molecule has 15 heavy (non-hydrogen) atoms. The van der Waals surface area contributed by atoms with Gasteiger partial charge in [0.05, 0.1) is 0 Å². The molecule has 0 aromatic heterocycles. The molecule has 2 nitrogen and oxygen atoms in total. The Morgan fingerprint density at radius 3 is 2.93 bits per heavy atom. The Morgan fingerprint density at radius 2 is 2.27 bits per heavy atom. The first-order valence-electron chi connectivity index (χ1n) is 5.35. The molecule has 1 aromatic rings. The van der Waals surface area contributed by atoms with Crippen LogP contribution in [-0.2, 0) is 6.54 Å². The minimum absolute atomic E-state index is 0.316. The molecule has 0 radical (unpaired) electrons. The molecule has 2 atom stereocenters. The smallest absolute Gasteiger partial charge is 0.120 e. The van der Waals surface area contributed by atoms with Crippen LogP contribution in [-0.4, -0.2) is 11.7 Å². The van der Waals surface area contributed by atoms with Gasteiger partial charge in [-0.25, -0.2) is 0 Å². The molecule has 0 amide bonds. The van der Waals surface area contributed by atoms with Gasteiger partial charge in [0.2, 0.25) is 0 Å². The number of hydrogen-bond donors (Lipinski definition) is 2. The largest absolute Gasteiger partial charge is 0.508 e. The van der Waals surface area contributed by atoms with Gasteiger partial charge in [-0.2, -0.15) is 0 Å². The molecule has 2 N–H and O–H groups in total. The summed E-state index contributed by atoms with van der Waals surface area (Å²) in [6.45, 7) is 3.99. The van der Waals surface area contributed by atoms with Crippen LogP contribution in [0.1, 0.15) is 18.9 Å². The van der Waals surface area contributed by atoms with E-state index in [1.165, 1.54) is 6.42 Å². The maximum atomic E-state index is 9.57. The maximum Gasteiger partial charge on any atom is 0.120 e. The summed E-state index contributed by atoms with van der Waals surface area (Å²) in [5.41, 5.74) is 0.871.